The molecule has 0 amide bonds. The van der Waals surface area contributed by atoms with Crippen molar-refractivity contribution in [1.82, 2.24) is 0 Å². The van der Waals surface area contributed by atoms with E-state index in [1.807, 2.05) is 19.1 Å². The number of aryl methyl sites for hydroxylation is 1. The maximum absolute atomic E-state index is 7.88. The molecule has 4 rings (SSSR count). The van der Waals surface area contributed by atoms with E-state index in [2.05, 4.69) is 99.7 Å². The lowest BCUT2D eigenvalue weighted by Crippen LogP contribution is -1.88. The molecule has 0 saturated heterocycles. The zero-order valence-electron chi connectivity index (χ0n) is 23.7. The predicted octanol–water partition coefficient (Wildman–Crippen LogP) is 9.52. The maximum Gasteiger partial charge on any atom is 0.134 e. The molecule has 38 heavy (non-hydrogen) atoms. The summed E-state index contributed by atoms with van der Waals surface area (Å²) in [5.41, 5.74) is 6.24. The fourth-order valence-corrected chi connectivity index (χ4v) is 4.23. The van der Waals surface area contributed by atoms with Crippen molar-refractivity contribution in [3.8, 4) is 0 Å². The van der Waals surface area contributed by atoms with Crippen LogP contribution in [0.1, 0.15) is 69.8 Å². The van der Waals surface area contributed by atoms with Gasteiger partial charge >= 0.3 is 0 Å². The Balaban J connectivity index is 0.000000773. The van der Waals surface area contributed by atoms with Crippen LogP contribution in [-0.2, 0) is 0 Å². The summed E-state index contributed by atoms with van der Waals surface area (Å²) in [7, 11) is 1.00. The lowest BCUT2D eigenvalue weighted by atomic mass is 9.95. The molecule has 0 bridgehead atoms. The summed E-state index contributed by atoms with van der Waals surface area (Å²) in [5, 5.41) is 18.6. The smallest absolute Gasteiger partial charge is 0.134 e. The van der Waals surface area contributed by atoms with Crippen molar-refractivity contribution in [2.45, 2.75) is 59.8 Å². The van der Waals surface area contributed by atoms with Gasteiger partial charge in [-0.25, -0.2) is 0 Å². The first kappa shape index (κ1) is 30.8. The van der Waals surface area contributed by atoms with E-state index in [4.69, 9.17) is 14.6 Å². The van der Waals surface area contributed by atoms with Crippen LogP contribution in [0.3, 0.4) is 0 Å². The van der Waals surface area contributed by atoms with Gasteiger partial charge in [-0.15, -0.1) is 0 Å². The quantitative estimate of drug-likeness (QED) is 0.220. The number of furan rings is 1. The van der Waals surface area contributed by atoms with Crippen LogP contribution in [-0.4, -0.2) is 23.9 Å². The third-order valence-electron chi connectivity index (χ3n) is 6.46. The van der Waals surface area contributed by atoms with Gasteiger partial charge in [0, 0.05) is 19.1 Å². The number of aliphatic hydroxyl groups is 2. The summed E-state index contributed by atoms with van der Waals surface area (Å²) in [6, 6.07) is 23.5. The molecular formula is C35H44O3. The van der Waals surface area contributed by atoms with E-state index >= 15 is 0 Å². The number of hydrogen-bond acceptors (Lipinski definition) is 3. The van der Waals surface area contributed by atoms with Gasteiger partial charge in [0.15, 0.2) is 0 Å². The summed E-state index contributed by atoms with van der Waals surface area (Å²) >= 11 is 0. The monoisotopic (exact) mass is 512 g/mol. The molecule has 0 spiro atoms. The van der Waals surface area contributed by atoms with Crippen molar-refractivity contribution in [2.24, 2.45) is 0 Å². The first-order chi connectivity index (χ1) is 18.6. The number of allylic oxidation sites excluding steroid dienone is 5. The molecule has 202 valence electrons. The highest BCUT2D eigenvalue weighted by Crippen LogP contribution is 2.32. The molecule has 0 atom stereocenters. The second kappa shape index (κ2) is 17.2. The highest BCUT2D eigenvalue weighted by molar-refractivity contribution is 5.97. The number of benzene rings is 3. The predicted molar refractivity (Wildman–Crippen MR) is 165 cm³/mol. The van der Waals surface area contributed by atoms with Crippen LogP contribution in [0.15, 0.2) is 94.9 Å². The van der Waals surface area contributed by atoms with Crippen LogP contribution in [0.25, 0.3) is 33.4 Å². The molecule has 0 saturated carbocycles. The molecule has 3 heteroatoms. The number of aliphatic hydroxyl groups excluding tert-OH is 2. The normalized spacial score (nSPS) is 11.9. The van der Waals surface area contributed by atoms with E-state index in [0.29, 0.717) is 6.61 Å². The van der Waals surface area contributed by atoms with E-state index in [0.717, 1.165) is 55.9 Å². The van der Waals surface area contributed by atoms with Gasteiger partial charge in [0.2, 0.25) is 0 Å². The zero-order chi connectivity index (χ0) is 27.8. The van der Waals surface area contributed by atoms with Gasteiger partial charge in [0.1, 0.15) is 11.3 Å². The van der Waals surface area contributed by atoms with Crippen molar-refractivity contribution < 1.29 is 14.6 Å². The standard InChI is InChI=1S/C31H32O.C3H8O.CH4O/c1-4-24(5-2)13-7-6-8-15-26(31-22-27-16-10-12-18-30(27)32-31)21-29-23(3)19-20-25-14-9-11-17-28(25)29;1-2-3-4;1-2/h4,6-7,9-12,14,16-22H,5,8,13,15H2,1-3H3;4H,2-3H2,1H3;2H,1H3/b7-6-,24-4-,26-21+;;. The van der Waals surface area contributed by atoms with E-state index in [9.17, 15) is 0 Å². The van der Waals surface area contributed by atoms with E-state index in [-0.39, 0.29) is 0 Å². The molecule has 3 nitrogen and oxygen atoms in total. The highest BCUT2D eigenvalue weighted by atomic mass is 16.3. The molecule has 0 aliphatic rings. The van der Waals surface area contributed by atoms with E-state index in [1.54, 1.807) is 0 Å². The van der Waals surface area contributed by atoms with Crippen LogP contribution in [0.2, 0.25) is 0 Å². The minimum atomic E-state index is 0.319. The highest BCUT2D eigenvalue weighted by Gasteiger charge is 2.11. The largest absolute Gasteiger partial charge is 0.456 e. The molecular weight excluding hydrogens is 468 g/mol. The number of para-hydroxylation sites is 1. The van der Waals surface area contributed by atoms with Gasteiger partial charge in [0.25, 0.3) is 0 Å². The van der Waals surface area contributed by atoms with E-state index < -0.39 is 0 Å². The Bertz CT molecular complexity index is 1300. The lowest BCUT2D eigenvalue weighted by Gasteiger charge is -2.10. The molecule has 0 radical (unpaired) electrons. The minimum Gasteiger partial charge on any atom is -0.456 e. The topological polar surface area (TPSA) is 53.6 Å². The molecule has 1 aromatic heterocycles. The second-order valence-corrected chi connectivity index (χ2v) is 9.07. The molecule has 0 aliphatic heterocycles. The number of hydrogen-bond donors (Lipinski definition) is 2. The summed E-state index contributed by atoms with van der Waals surface area (Å²) in [6.45, 7) is 8.79. The SMILES string of the molecule is C/C=C(/CC)C/C=C\CC/C(=C\c1c(C)ccc2ccccc12)c1cc2ccccc2o1.CCCO.CO. The van der Waals surface area contributed by atoms with Gasteiger partial charge in [-0.1, -0.05) is 92.2 Å². The van der Waals surface area contributed by atoms with Crippen LogP contribution in [0.4, 0.5) is 0 Å². The Morgan fingerprint density at radius 2 is 1.58 bits per heavy atom. The molecule has 0 unspecified atom stereocenters. The molecule has 3 aromatic carbocycles. The summed E-state index contributed by atoms with van der Waals surface area (Å²) < 4.78 is 6.28. The molecule has 2 N–H and O–H groups in total. The molecule has 0 aliphatic carbocycles. The maximum atomic E-state index is 7.88. The average Bonchev–Trinajstić information content (AvgIpc) is 3.41. The second-order valence-electron chi connectivity index (χ2n) is 9.07. The van der Waals surface area contributed by atoms with Gasteiger partial charge < -0.3 is 14.6 Å². The van der Waals surface area contributed by atoms with Crippen molar-refractivity contribution >= 4 is 33.4 Å². The third-order valence-corrected chi connectivity index (χ3v) is 6.46. The molecule has 4 aromatic rings. The fourth-order valence-electron chi connectivity index (χ4n) is 4.23. The average molecular weight is 513 g/mol. The Kier molecular flexibility index (Phi) is 13.9. The van der Waals surface area contributed by atoms with Gasteiger partial charge in [-0.05, 0) is 91.6 Å². The van der Waals surface area contributed by atoms with Gasteiger partial charge in [-0.2, -0.15) is 0 Å². The van der Waals surface area contributed by atoms with Crippen molar-refractivity contribution in [2.75, 3.05) is 13.7 Å². The van der Waals surface area contributed by atoms with Crippen molar-refractivity contribution in [1.29, 1.82) is 0 Å². The summed E-state index contributed by atoms with van der Waals surface area (Å²) in [4.78, 5) is 0. The molecule has 1 heterocycles. The minimum absolute atomic E-state index is 0.319. The zero-order valence-corrected chi connectivity index (χ0v) is 23.7. The van der Waals surface area contributed by atoms with Gasteiger partial charge in [-0.3, -0.25) is 0 Å². The van der Waals surface area contributed by atoms with Crippen LogP contribution < -0.4 is 0 Å². The van der Waals surface area contributed by atoms with E-state index in [1.165, 1.54) is 33.0 Å². The summed E-state index contributed by atoms with van der Waals surface area (Å²) in [6.07, 6.45) is 14.2. The molecule has 0 fully saturated rings. The van der Waals surface area contributed by atoms with Gasteiger partial charge in [0.05, 0.1) is 0 Å². The van der Waals surface area contributed by atoms with Crippen molar-refractivity contribution in [3.63, 3.8) is 0 Å². The Labute approximate surface area is 228 Å². The van der Waals surface area contributed by atoms with Crippen LogP contribution in [0, 0.1) is 6.92 Å². The Morgan fingerprint density at radius 3 is 2.24 bits per heavy atom. The van der Waals surface area contributed by atoms with Crippen LogP contribution in [0.5, 0.6) is 0 Å². The Hall–Kier alpha value is -3.40. The summed E-state index contributed by atoms with van der Waals surface area (Å²) in [5.74, 6) is 0.967. The van der Waals surface area contributed by atoms with Crippen LogP contribution >= 0.6 is 0 Å². The lowest BCUT2D eigenvalue weighted by molar-refractivity contribution is 0.295. The Morgan fingerprint density at radius 1 is 0.895 bits per heavy atom. The first-order valence-corrected chi connectivity index (χ1v) is 13.6. The fraction of sp³-hybridized carbons (Fsp3) is 0.314. The first-order valence-electron chi connectivity index (χ1n) is 13.6. The number of fused-ring (bicyclic) bond motifs is 2. The third kappa shape index (κ3) is 8.86. The van der Waals surface area contributed by atoms with Crippen molar-refractivity contribution in [3.05, 3.63) is 107 Å². The number of rotatable bonds is 9.